The summed E-state index contributed by atoms with van der Waals surface area (Å²) in [6.07, 6.45) is -4.06. The van der Waals surface area contributed by atoms with Crippen molar-refractivity contribution in [2.75, 3.05) is 24.8 Å². The van der Waals surface area contributed by atoms with Crippen molar-refractivity contribution in [3.63, 3.8) is 0 Å². The Morgan fingerprint density at radius 1 is 1.03 bits per heavy atom. The van der Waals surface area contributed by atoms with Crippen LogP contribution in [0.1, 0.15) is 0 Å². The van der Waals surface area contributed by atoms with Gasteiger partial charge >= 0.3 is 6.36 Å². The predicted octanol–water partition coefficient (Wildman–Crippen LogP) is 4.57. The van der Waals surface area contributed by atoms with E-state index in [4.69, 9.17) is 16.3 Å². The number of halogens is 5. The molecule has 182 valence electrons. The molecular formula is C19H16ClF4N5O4S. The van der Waals surface area contributed by atoms with Crippen LogP contribution in [-0.2, 0) is 10.0 Å². The van der Waals surface area contributed by atoms with Crippen molar-refractivity contribution in [2.45, 2.75) is 11.3 Å². The Balaban J connectivity index is 1.83. The fraction of sp³-hybridized carbons (Fsp3) is 0.158. The van der Waals surface area contributed by atoms with Crippen LogP contribution < -0.4 is 24.8 Å². The van der Waals surface area contributed by atoms with Gasteiger partial charge in [0.15, 0.2) is 11.6 Å². The minimum atomic E-state index is -4.92. The molecule has 0 spiro atoms. The number of benzene rings is 2. The number of hydrogen-bond donors (Lipinski definition) is 3. The fourth-order valence-corrected chi connectivity index (χ4v) is 3.74. The lowest BCUT2D eigenvalue weighted by atomic mass is 10.3. The van der Waals surface area contributed by atoms with Gasteiger partial charge in [0.25, 0.3) is 0 Å². The van der Waals surface area contributed by atoms with Crippen LogP contribution >= 0.6 is 11.6 Å². The maximum atomic E-state index is 14.2. The normalized spacial score (nSPS) is 11.7. The Bertz CT molecular complexity index is 1310. The number of methoxy groups -OCH3 is 1. The maximum Gasteiger partial charge on any atom is 0.573 e. The summed E-state index contributed by atoms with van der Waals surface area (Å²) in [7, 11) is -1.22. The topological polar surface area (TPSA) is 114 Å². The molecule has 0 aliphatic heterocycles. The van der Waals surface area contributed by atoms with Gasteiger partial charge in [0.05, 0.1) is 18.3 Å². The van der Waals surface area contributed by atoms with E-state index < -0.39 is 28.0 Å². The van der Waals surface area contributed by atoms with E-state index in [1.165, 1.54) is 38.4 Å². The van der Waals surface area contributed by atoms with Gasteiger partial charge in [-0.15, -0.1) is 13.2 Å². The summed E-state index contributed by atoms with van der Waals surface area (Å²) >= 11 is 5.80. The third kappa shape index (κ3) is 6.15. The molecule has 0 bridgehead atoms. The average Bonchev–Trinajstić information content (AvgIpc) is 2.77. The standard InChI is InChI=1S/C19H16ClF4N5O4S/c1-25-34(30,31)16-6-4-11(8-15(16)32-2)28-18-26-9-13(21)17(29-18)27-10-3-5-14(12(20)7-10)33-19(22,23)24/h3-9,25H,1-2H3,(H2,26,27,28,29). The van der Waals surface area contributed by atoms with Crippen molar-refractivity contribution in [2.24, 2.45) is 0 Å². The molecule has 0 unspecified atom stereocenters. The zero-order valence-corrected chi connectivity index (χ0v) is 18.9. The molecule has 15 heteroatoms. The molecule has 1 heterocycles. The van der Waals surface area contributed by atoms with E-state index in [0.29, 0.717) is 5.69 Å². The van der Waals surface area contributed by atoms with Crippen molar-refractivity contribution in [1.29, 1.82) is 0 Å². The minimum Gasteiger partial charge on any atom is -0.495 e. The Kier molecular flexibility index (Phi) is 7.33. The van der Waals surface area contributed by atoms with Crippen LogP contribution in [0.5, 0.6) is 11.5 Å². The summed E-state index contributed by atoms with van der Waals surface area (Å²) in [5.41, 5.74) is 0.465. The number of nitrogens with zero attached hydrogens (tertiary/aromatic N) is 2. The Hall–Kier alpha value is -3.36. The number of sulfonamides is 1. The maximum absolute atomic E-state index is 14.2. The molecule has 3 aromatic rings. The van der Waals surface area contributed by atoms with E-state index in [1.807, 2.05) is 0 Å². The van der Waals surface area contributed by atoms with Crippen LogP contribution in [-0.4, -0.2) is 38.9 Å². The van der Waals surface area contributed by atoms with Crippen LogP contribution in [0.4, 0.5) is 40.7 Å². The lowest BCUT2D eigenvalue weighted by Gasteiger charge is -2.13. The van der Waals surface area contributed by atoms with Crippen molar-refractivity contribution in [3.8, 4) is 11.5 Å². The molecule has 0 saturated heterocycles. The molecule has 0 aliphatic carbocycles. The zero-order chi connectivity index (χ0) is 25.1. The first-order valence-electron chi connectivity index (χ1n) is 9.15. The van der Waals surface area contributed by atoms with Gasteiger partial charge in [-0.1, -0.05) is 11.6 Å². The van der Waals surface area contributed by atoms with Crippen LogP contribution in [0, 0.1) is 5.82 Å². The molecule has 3 N–H and O–H groups in total. The molecule has 1 aromatic heterocycles. The number of anilines is 4. The summed E-state index contributed by atoms with van der Waals surface area (Å²) in [5, 5.41) is 5.01. The molecule has 0 saturated carbocycles. The zero-order valence-electron chi connectivity index (χ0n) is 17.4. The van der Waals surface area contributed by atoms with Crippen LogP contribution in [0.25, 0.3) is 0 Å². The molecule has 2 aromatic carbocycles. The monoisotopic (exact) mass is 521 g/mol. The molecule has 9 nitrogen and oxygen atoms in total. The third-order valence-electron chi connectivity index (χ3n) is 4.14. The molecule has 0 atom stereocenters. The van der Waals surface area contributed by atoms with E-state index in [9.17, 15) is 26.0 Å². The Labute approximate surface area is 196 Å². The van der Waals surface area contributed by atoms with Crippen LogP contribution in [0.15, 0.2) is 47.5 Å². The van der Waals surface area contributed by atoms with Gasteiger partial charge < -0.3 is 20.1 Å². The SMILES string of the molecule is CNS(=O)(=O)c1ccc(Nc2ncc(F)c(Nc3ccc(OC(F)(F)F)c(Cl)c3)n2)cc1OC. The van der Waals surface area contributed by atoms with Crippen LogP contribution in [0.3, 0.4) is 0 Å². The second-order valence-corrected chi connectivity index (χ2v) is 8.67. The summed E-state index contributed by atoms with van der Waals surface area (Å²) in [4.78, 5) is 7.70. The van der Waals surface area contributed by atoms with Gasteiger partial charge in [-0.3, -0.25) is 0 Å². The lowest BCUT2D eigenvalue weighted by Crippen LogP contribution is -2.19. The number of aromatic nitrogens is 2. The van der Waals surface area contributed by atoms with Crippen molar-refractivity contribution >= 4 is 44.8 Å². The highest BCUT2D eigenvalue weighted by atomic mass is 35.5. The highest BCUT2D eigenvalue weighted by Crippen LogP contribution is 2.33. The first-order chi connectivity index (χ1) is 15.9. The minimum absolute atomic E-state index is 0.0376. The Morgan fingerprint density at radius 3 is 2.32 bits per heavy atom. The van der Waals surface area contributed by atoms with E-state index >= 15 is 0 Å². The van der Waals surface area contributed by atoms with E-state index in [1.54, 1.807) is 0 Å². The van der Waals surface area contributed by atoms with Crippen molar-refractivity contribution in [3.05, 3.63) is 53.4 Å². The molecule has 0 radical (unpaired) electrons. The smallest absolute Gasteiger partial charge is 0.495 e. The van der Waals surface area contributed by atoms with Crippen LogP contribution in [0.2, 0.25) is 5.02 Å². The Morgan fingerprint density at radius 2 is 1.71 bits per heavy atom. The summed E-state index contributed by atoms with van der Waals surface area (Å²) in [6.45, 7) is 0. The van der Waals surface area contributed by atoms with E-state index in [2.05, 4.69) is 30.1 Å². The quantitative estimate of drug-likeness (QED) is 0.369. The molecular weight excluding hydrogens is 506 g/mol. The number of hydrogen-bond acceptors (Lipinski definition) is 8. The molecule has 3 rings (SSSR count). The second-order valence-electron chi connectivity index (χ2n) is 6.41. The molecule has 34 heavy (non-hydrogen) atoms. The van der Waals surface area contributed by atoms with Gasteiger partial charge in [0, 0.05) is 17.4 Å². The number of ether oxygens (including phenoxy) is 2. The summed E-state index contributed by atoms with van der Waals surface area (Å²) in [5.74, 6) is -1.82. The van der Waals surface area contributed by atoms with E-state index in [-0.39, 0.29) is 33.1 Å². The fourth-order valence-electron chi connectivity index (χ4n) is 2.64. The summed E-state index contributed by atoms with van der Waals surface area (Å²) < 4.78 is 86.6. The largest absolute Gasteiger partial charge is 0.573 e. The van der Waals surface area contributed by atoms with Gasteiger partial charge in [0.2, 0.25) is 16.0 Å². The van der Waals surface area contributed by atoms with E-state index in [0.717, 1.165) is 18.3 Å². The van der Waals surface area contributed by atoms with Gasteiger partial charge in [-0.25, -0.2) is 22.5 Å². The highest BCUT2D eigenvalue weighted by molar-refractivity contribution is 7.89. The average molecular weight is 522 g/mol. The summed E-state index contributed by atoms with van der Waals surface area (Å²) in [6, 6.07) is 7.34. The number of alkyl halides is 3. The van der Waals surface area contributed by atoms with Crippen molar-refractivity contribution in [1.82, 2.24) is 14.7 Å². The molecule has 0 aliphatic rings. The third-order valence-corrected chi connectivity index (χ3v) is 5.89. The predicted molar refractivity (Wildman–Crippen MR) is 116 cm³/mol. The van der Waals surface area contributed by atoms with Gasteiger partial charge in [-0.2, -0.15) is 4.98 Å². The second kappa shape index (κ2) is 9.87. The van der Waals surface area contributed by atoms with Crippen molar-refractivity contribution < 1.29 is 35.5 Å². The first-order valence-corrected chi connectivity index (χ1v) is 11.0. The number of rotatable bonds is 8. The molecule has 0 amide bonds. The van der Waals surface area contributed by atoms with Gasteiger partial charge in [-0.05, 0) is 37.4 Å². The first kappa shape index (κ1) is 25.3. The lowest BCUT2D eigenvalue weighted by molar-refractivity contribution is -0.274. The highest BCUT2D eigenvalue weighted by Gasteiger charge is 2.32. The molecule has 0 fully saturated rings. The van der Waals surface area contributed by atoms with Gasteiger partial charge in [0.1, 0.15) is 16.4 Å². The number of nitrogens with one attached hydrogen (secondary N) is 3.